The van der Waals surface area contributed by atoms with Crippen molar-refractivity contribution >= 4 is 35.2 Å². The van der Waals surface area contributed by atoms with Gasteiger partial charge in [0, 0.05) is 5.56 Å². The zero-order chi connectivity index (χ0) is 21.8. The lowest BCUT2D eigenvalue weighted by Gasteiger charge is -2.23. The van der Waals surface area contributed by atoms with Gasteiger partial charge < -0.3 is 19.4 Å². The van der Waals surface area contributed by atoms with E-state index in [1.54, 1.807) is 65.4 Å². The molecule has 1 atom stereocenters. The minimum Gasteiger partial charge on any atom is -0.467 e. The number of rotatable bonds is 6. The van der Waals surface area contributed by atoms with Gasteiger partial charge in [0.05, 0.1) is 36.9 Å². The monoisotopic (exact) mass is 436 g/mol. The van der Waals surface area contributed by atoms with Gasteiger partial charge in [0.2, 0.25) is 5.91 Å². The van der Waals surface area contributed by atoms with E-state index in [1.807, 2.05) is 18.2 Å². The molecule has 1 aliphatic rings. The van der Waals surface area contributed by atoms with Crippen molar-refractivity contribution in [2.75, 3.05) is 18.2 Å². The second kappa shape index (κ2) is 9.09. The van der Waals surface area contributed by atoms with Crippen molar-refractivity contribution in [3.05, 3.63) is 89.4 Å². The van der Waals surface area contributed by atoms with Crippen LogP contribution in [0.25, 0.3) is 0 Å². The van der Waals surface area contributed by atoms with Crippen LogP contribution in [0.3, 0.4) is 0 Å². The van der Waals surface area contributed by atoms with E-state index in [-0.39, 0.29) is 22.8 Å². The van der Waals surface area contributed by atoms with Crippen molar-refractivity contribution < 1.29 is 23.5 Å². The number of benzene rings is 2. The van der Waals surface area contributed by atoms with Crippen molar-refractivity contribution in [1.82, 2.24) is 4.90 Å². The van der Waals surface area contributed by atoms with Crippen LogP contribution < -0.4 is 5.32 Å². The van der Waals surface area contributed by atoms with Crippen LogP contribution in [0, 0.1) is 0 Å². The first-order valence-corrected chi connectivity index (χ1v) is 10.6. The minimum absolute atomic E-state index is 0.0487. The molecule has 2 heterocycles. The number of carbonyl (C=O) groups is 3. The summed E-state index contributed by atoms with van der Waals surface area (Å²) in [4.78, 5) is 38.7. The number of hydrogen-bond acceptors (Lipinski definition) is 6. The van der Waals surface area contributed by atoms with Crippen molar-refractivity contribution in [3.63, 3.8) is 0 Å². The Morgan fingerprint density at radius 3 is 2.61 bits per heavy atom. The van der Waals surface area contributed by atoms with Crippen molar-refractivity contribution in [1.29, 1.82) is 0 Å². The number of nitrogens with zero attached hydrogens (tertiary/aromatic N) is 1. The molecule has 2 aromatic carbocycles. The lowest BCUT2D eigenvalue weighted by atomic mass is 10.1. The van der Waals surface area contributed by atoms with Crippen LogP contribution in [-0.2, 0) is 16.1 Å². The lowest BCUT2D eigenvalue weighted by molar-refractivity contribution is -0.128. The Bertz CT molecular complexity index is 1100. The Labute approximate surface area is 183 Å². The number of amides is 2. The van der Waals surface area contributed by atoms with Gasteiger partial charge in [0.1, 0.15) is 11.1 Å². The normalized spacial score (nSPS) is 15.7. The number of thioether (sulfide) groups is 1. The zero-order valence-corrected chi connectivity index (χ0v) is 17.6. The van der Waals surface area contributed by atoms with E-state index in [9.17, 15) is 14.4 Å². The standard InChI is InChI=1S/C23H20N2O5S/c1-29-23(28)18-6-2-3-7-19(18)24-21(27)15-8-10-16(11-9-15)22-25(20(26)14-31-22)13-17-5-4-12-30-17/h2-12,22H,13-14H2,1H3,(H,24,27)/t22-/m0/s1. The fourth-order valence-corrected chi connectivity index (χ4v) is 4.53. The molecule has 1 N–H and O–H groups in total. The maximum absolute atomic E-state index is 12.7. The molecule has 8 heteroatoms. The highest BCUT2D eigenvalue weighted by atomic mass is 32.2. The fourth-order valence-electron chi connectivity index (χ4n) is 3.35. The van der Waals surface area contributed by atoms with Crippen molar-refractivity contribution in [2.45, 2.75) is 11.9 Å². The van der Waals surface area contributed by atoms with E-state index >= 15 is 0 Å². The van der Waals surface area contributed by atoms with Crippen LogP contribution in [0.2, 0.25) is 0 Å². The molecule has 0 bridgehead atoms. The number of nitrogens with one attached hydrogen (secondary N) is 1. The summed E-state index contributed by atoms with van der Waals surface area (Å²) in [6, 6.07) is 17.4. The van der Waals surface area contributed by atoms with Crippen LogP contribution in [0.15, 0.2) is 71.3 Å². The molecular formula is C23H20N2O5S. The van der Waals surface area contributed by atoms with E-state index in [0.717, 1.165) is 11.3 Å². The highest BCUT2D eigenvalue weighted by molar-refractivity contribution is 8.00. The van der Waals surface area contributed by atoms with Gasteiger partial charge in [-0.1, -0.05) is 24.3 Å². The summed E-state index contributed by atoms with van der Waals surface area (Å²) in [5.41, 5.74) is 2.03. The van der Waals surface area contributed by atoms with Crippen molar-refractivity contribution in [3.8, 4) is 0 Å². The molecular weight excluding hydrogens is 416 g/mol. The Hall–Kier alpha value is -3.52. The van der Waals surface area contributed by atoms with E-state index < -0.39 is 5.97 Å². The molecule has 0 aliphatic carbocycles. The Kier molecular flexibility index (Phi) is 6.08. The number of esters is 1. The molecule has 2 amide bonds. The molecule has 3 aromatic rings. The predicted molar refractivity (Wildman–Crippen MR) is 117 cm³/mol. The third-order valence-electron chi connectivity index (χ3n) is 4.91. The van der Waals surface area contributed by atoms with Gasteiger partial charge in [0.15, 0.2) is 0 Å². The zero-order valence-electron chi connectivity index (χ0n) is 16.7. The summed E-state index contributed by atoms with van der Waals surface area (Å²) >= 11 is 1.54. The van der Waals surface area contributed by atoms with E-state index in [1.165, 1.54) is 7.11 Å². The van der Waals surface area contributed by atoms with Gasteiger partial charge in [-0.25, -0.2) is 4.79 Å². The summed E-state index contributed by atoms with van der Waals surface area (Å²) in [5, 5.41) is 2.61. The van der Waals surface area contributed by atoms with Gasteiger partial charge in [-0.15, -0.1) is 11.8 Å². The molecule has 1 fully saturated rings. The highest BCUT2D eigenvalue weighted by Crippen LogP contribution is 2.39. The smallest absolute Gasteiger partial charge is 0.339 e. The maximum atomic E-state index is 12.7. The van der Waals surface area contributed by atoms with Gasteiger partial charge >= 0.3 is 5.97 Å². The summed E-state index contributed by atoms with van der Waals surface area (Å²) in [7, 11) is 1.29. The maximum Gasteiger partial charge on any atom is 0.339 e. The molecule has 1 aromatic heterocycles. The number of carbonyl (C=O) groups excluding carboxylic acids is 3. The summed E-state index contributed by atoms with van der Waals surface area (Å²) in [6.07, 6.45) is 1.59. The first-order valence-electron chi connectivity index (χ1n) is 9.59. The number of anilines is 1. The SMILES string of the molecule is COC(=O)c1ccccc1NC(=O)c1ccc([C@@H]2SCC(=O)N2Cc2ccco2)cc1. The average Bonchev–Trinajstić information content (AvgIpc) is 3.44. The molecule has 7 nitrogen and oxygen atoms in total. The molecule has 0 radical (unpaired) electrons. The molecule has 0 spiro atoms. The Balaban J connectivity index is 1.49. The number of methoxy groups -OCH3 is 1. The summed E-state index contributed by atoms with van der Waals surface area (Å²) in [6.45, 7) is 0.399. The van der Waals surface area contributed by atoms with Gasteiger partial charge in [-0.05, 0) is 42.0 Å². The summed E-state index contributed by atoms with van der Waals surface area (Å²) in [5.74, 6) is 0.308. The molecule has 158 valence electrons. The molecule has 1 saturated heterocycles. The van der Waals surface area contributed by atoms with Crippen LogP contribution in [-0.4, -0.2) is 35.5 Å². The van der Waals surface area contributed by atoms with Crippen LogP contribution in [0.5, 0.6) is 0 Å². The van der Waals surface area contributed by atoms with E-state index in [4.69, 9.17) is 9.15 Å². The van der Waals surface area contributed by atoms with Gasteiger partial charge in [-0.3, -0.25) is 9.59 Å². The minimum atomic E-state index is -0.522. The number of para-hydroxylation sites is 1. The Morgan fingerprint density at radius 2 is 1.90 bits per heavy atom. The average molecular weight is 436 g/mol. The number of furan rings is 1. The van der Waals surface area contributed by atoms with Crippen molar-refractivity contribution in [2.24, 2.45) is 0 Å². The third-order valence-corrected chi connectivity index (χ3v) is 6.17. The van der Waals surface area contributed by atoms with Crippen LogP contribution in [0.1, 0.15) is 37.4 Å². The quantitative estimate of drug-likeness (QED) is 0.586. The molecule has 0 unspecified atom stereocenters. The highest BCUT2D eigenvalue weighted by Gasteiger charge is 2.33. The topological polar surface area (TPSA) is 88.8 Å². The van der Waals surface area contributed by atoms with E-state index in [0.29, 0.717) is 23.5 Å². The first-order chi connectivity index (χ1) is 15.1. The summed E-state index contributed by atoms with van der Waals surface area (Å²) < 4.78 is 10.1. The van der Waals surface area contributed by atoms with Crippen LogP contribution in [0.4, 0.5) is 5.69 Å². The van der Waals surface area contributed by atoms with Crippen LogP contribution >= 0.6 is 11.8 Å². The molecule has 4 rings (SSSR count). The third kappa shape index (κ3) is 4.49. The fraction of sp³-hybridized carbons (Fsp3) is 0.174. The first kappa shape index (κ1) is 20.7. The van der Waals surface area contributed by atoms with Gasteiger partial charge in [-0.2, -0.15) is 0 Å². The van der Waals surface area contributed by atoms with Gasteiger partial charge in [0.25, 0.3) is 5.91 Å². The largest absolute Gasteiger partial charge is 0.467 e. The predicted octanol–water partition coefficient (Wildman–Crippen LogP) is 4.09. The molecule has 31 heavy (non-hydrogen) atoms. The molecule has 1 aliphatic heterocycles. The number of ether oxygens (including phenoxy) is 1. The lowest BCUT2D eigenvalue weighted by Crippen LogP contribution is -2.27. The Morgan fingerprint density at radius 1 is 1.13 bits per heavy atom. The number of hydrogen-bond donors (Lipinski definition) is 1. The second-order valence-electron chi connectivity index (χ2n) is 6.88. The second-order valence-corrected chi connectivity index (χ2v) is 7.95. The molecule has 0 saturated carbocycles. The van der Waals surface area contributed by atoms with E-state index in [2.05, 4.69) is 5.32 Å².